The zero-order valence-electron chi connectivity index (χ0n) is 8.88. The first-order valence-corrected chi connectivity index (χ1v) is 4.77. The second-order valence-corrected chi connectivity index (χ2v) is 2.79. The van der Waals surface area contributed by atoms with Crippen LogP contribution in [0.3, 0.4) is 0 Å². The van der Waals surface area contributed by atoms with Gasteiger partial charge in [0, 0.05) is 0 Å². The second-order valence-electron chi connectivity index (χ2n) is 2.79. The molecule has 16 heavy (non-hydrogen) atoms. The summed E-state index contributed by atoms with van der Waals surface area (Å²) in [5, 5.41) is 8.38. The number of ether oxygens (including phenoxy) is 2. The summed E-state index contributed by atoms with van der Waals surface area (Å²) in [6.45, 7) is 1.94. The molecule has 5 nitrogen and oxygen atoms in total. The van der Waals surface area contributed by atoms with Crippen molar-refractivity contribution in [2.45, 2.75) is 6.92 Å². The van der Waals surface area contributed by atoms with Gasteiger partial charge in [0.2, 0.25) is 0 Å². The van der Waals surface area contributed by atoms with Gasteiger partial charge in [-0.05, 0) is 31.2 Å². The Morgan fingerprint density at radius 3 is 2.50 bits per heavy atom. The Hall–Kier alpha value is -1.69. The van der Waals surface area contributed by atoms with Crippen LogP contribution in [0.15, 0.2) is 24.3 Å². The fourth-order valence-electron chi connectivity index (χ4n) is 1.02. The maximum Gasteiger partial charge on any atom is 0.569 e. The summed E-state index contributed by atoms with van der Waals surface area (Å²) in [5.74, 6) is 0.593. The number of esters is 1. The summed E-state index contributed by atoms with van der Waals surface area (Å²) < 4.78 is 14.6. The van der Waals surface area contributed by atoms with E-state index in [1.54, 1.807) is 31.2 Å². The minimum atomic E-state index is -0.411. The Morgan fingerprint density at radius 2 is 1.94 bits per heavy atom. The molecule has 0 aliphatic heterocycles. The standard InChI is InChI=1S/C10H12BO5/c1-2-14-10(12)7-15-8-3-5-9(6-4-8)16-11-13/h3-6,13H,2,7H2,1H3. The van der Waals surface area contributed by atoms with Crippen LogP contribution in [-0.4, -0.2) is 31.9 Å². The Balaban J connectivity index is 2.40. The molecule has 1 aromatic carbocycles. The first kappa shape index (κ1) is 12.4. The lowest BCUT2D eigenvalue weighted by molar-refractivity contribution is -0.145. The van der Waals surface area contributed by atoms with E-state index in [1.165, 1.54) is 0 Å². The van der Waals surface area contributed by atoms with Crippen molar-refractivity contribution in [2.75, 3.05) is 13.2 Å². The van der Waals surface area contributed by atoms with E-state index in [-0.39, 0.29) is 6.61 Å². The molecular weight excluding hydrogens is 211 g/mol. The lowest BCUT2D eigenvalue weighted by Crippen LogP contribution is -2.14. The summed E-state index contributed by atoms with van der Waals surface area (Å²) in [7, 11) is 0.592. The molecule has 6 heteroatoms. The van der Waals surface area contributed by atoms with Gasteiger partial charge >= 0.3 is 13.7 Å². The van der Waals surface area contributed by atoms with Crippen LogP contribution >= 0.6 is 0 Å². The highest BCUT2D eigenvalue weighted by molar-refractivity contribution is 6.17. The van der Waals surface area contributed by atoms with Crippen molar-refractivity contribution in [3.8, 4) is 11.5 Å². The summed E-state index contributed by atoms with van der Waals surface area (Å²) in [6, 6.07) is 6.45. The molecule has 0 saturated carbocycles. The molecule has 0 amide bonds. The maximum absolute atomic E-state index is 11.0. The van der Waals surface area contributed by atoms with Crippen LogP contribution in [0.25, 0.3) is 0 Å². The summed E-state index contributed by atoms with van der Waals surface area (Å²) >= 11 is 0. The van der Waals surface area contributed by atoms with E-state index in [0.29, 0.717) is 25.8 Å². The van der Waals surface area contributed by atoms with Crippen LogP contribution < -0.4 is 9.39 Å². The van der Waals surface area contributed by atoms with Gasteiger partial charge in [-0.25, -0.2) is 4.79 Å². The molecular formula is C10H12BO5. The first-order valence-electron chi connectivity index (χ1n) is 4.77. The van der Waals surface area contributed by atoms with Gasteiger partial charge in [0.15, 0.2) is 6.61 Å². The Bertz CT molecular complexity index is 324. The molecule has 0 aliphatic rings. The zero-order valence-corrected chi connectivity index (χ0v) is 8.88. The Morgan fingerprint density at radius 1 is 1.31 bits per heavy atom. The maximum atomic E-state index is 11.0. The van der Waals surface area contributed by atoms with Crippen LogP contribution in [0, 0.1) is 0 Å². The zero-order chi connectivity index (χ0) is 11.8. The summed E-state index contributed by atoms with van der Waals surface area (Å²) in [5.41, 5.74) is 0. The number of hydrogen-bond donors (Lipinski definition) is 1. The molecule has 1 aromatic rings. The highest BCUT2D eigenvalue weighted by atomic mass is 16.6. The molecule has 0 spiro atoms. The third kappa shape index (κ3) is 4.23. The smallest absolute Gasteiger partial charge is 0.537 e. The predicted octanol–water partition coefficient (Wildman–Crippen LogP) is 0.534. The van der Waals surface area contributed by atoms with Gasteiger partial charge in [-0.3, -0.25) is 0 Å². The Kier molecular flexibility index (Phi) is 5.21. The Labute approximate surface area is 94.2 Å². The van der Waals surface area contributed by atoms with E-state index in [4.69, 9.17) is 19.2 Å². The van der Waals surface area contributed by atoms with Gasteiger partial charge in [-0.2, -0.15) is 0 Å². The third-order valence-corrected chi connectivity index (χ3v) is 1.67. The van der Waals surface area contributed by atoms with Crippen LogP contribution in [0.4, 0.5) is 0 Å². The van der Waals surface area contributed by atoms with E-state index in [2.05, 4.69) is 0 Å². The molecule has 0 atom stereocenters. The number of hydrogen-bond acceptors (Lipinski definition) is 5. The molecule has 85 valence electrons. The van der Waals surface area contributed by atoms with Gasteiger partial charge in [0.05, 0.1) is 6.61 Å². The van der Waals surface area contributed by atoms with Crippen LogP contribution in [0.5, 0.6) is 11.5 Å². The van der Waals surface area contributed by atoms with Crippen molar-refractivity contribution in [3.05, 3.63) is 24.3 Å². The minimum absolute atomic E-state index is 0.125. The van der Waals surface area contributed by atoms with E-state index >= 15 is 0 Å². The fourth-order valence-corrected chi connectivity index (χ4v) is 1.02. The molecule has 0 bridgehead atoms. The molecule has 0 aromatic heterocycles. The van der Waals surface area contributed by atoms with E-state index in [9.17, 15) is 4.79 Å². The number of carbonyl (C=O) groups excluding carboxylic acids is 1. The molecule has 1 radical (unpaired) electrons. The highest BCUT2D eigenvalue weighted by Crippen LogP contribution is 2.16. The third-order valence-electron chi connectivity index (χ3n) is 1.67. The van der Waals surface area contributed by atoms with Crippen molar-refractivity contribution in [1.29, 1.82) is 0 Å². The topological polar surface area (TPSA) is 65.0 Å². The van der Waals surface area contributed by atoms with E-state index in [1.807, 2.05) is 0 Å². The minimum Gasteiger partial charge on any atom is -0.537 e. The normalized spacial score (nSPS) is 9.38. The second kappa shape index (κ2) is 6.74. The van der Waals surface area contributed by atoms with Crippen molar-refractivity contribution in [2.24, 2.45) is 0 Å². The van der Waals surface area contributed by atoms with Gasteiger partial charge in [-0.1, -0.05) is 0 Å². The largest absolute Gasteiger partial charge is 0.569 e. The van der Waals surface area contributed by atoms with Gasteiger partial charge in [0.25, 0.3) is 0 Å². The van der Waals surface area contributed by atoms with Crippen molar-refractivity contribution < 1.29 is 23.9 Å². The first-order chi connectivity index (χ1) is 7.76. The summed E-state index contributed by atoms with van der Waals surface area (Å²) in [6.07, 6.45) is 0. The lowest BCUT2D eigenvalue weighted by atomic mass is 10.3. The van der Waals surface area contributed by atoms with Gasteiger partial charge < -0.3 is 19.2 Å². The highest BCUT2D eigenvalue weighted by Gasteiger charge is 2.03. The SMILES string of the molecule is CCOC(=O)COc1ccc(O[B]O)cc1. The fraction of sp³-hybridized carbons (Fsp3) is 0.300. The van der Waals surface area contributed by atoms with Crippen LogP contribution in [0.2, 0.25) is 0 Å². The molecule has 1 rings (SSSR count). The summed E-state index contributed by atoms with van der Waals surface area (Å²) in [4.78, 5) is 11.0. The quantitative estimate of drug-likeness (QED) is 0.563. The van der Waals surface area contributed by atoms with Crippen molar-refractivity contribution >= 4 is 13.7 Å². The molecule has 0 heterocycles. The number of carbonyl (C=O) groups is 1. The average Bonchev–Trinajstić information content (AvgIpc) is 2.29. The predicted molar refractivity (Wildman–Crippen MR) is 57.2 cm³/mol. The van der Waals surface area contributed by atoms with Crippen LogP contribution in [0.1, 0.15) is 6.92 Å². The average molecular weight is 223 g/mol. The van der Waals surface area contributed by atoms with Crippen LogP contribution in [-0.2, 0) is 9.53 Å². The number of rotatable bonds is 6. The van der Waals surface area contributed by atoms with Crippen molar-refractivity contribution in [3.63, 3.8) is 0 Å². The molecule has 0 unspecified atom stereocenters. The van der Waals surface area contributed by atoms with Crippen molar-refractivity contribution in [1.82, 2.24) is 0 Å². The van der Waals surface area contributed by atoms with Gasteiger partial charge in [-0.15, -0.1) is 0 Å². The molecule has 0 aliphatic carbocycles. The molecule has 0 saturated heterocycles. The molecule has 0 fully saturated rings. The monoisotopic (exact) mass is 223 g/mol. The van der Waals surface area contributed by atoms with E-state index in [0.717, 1.165) is 0 Å². The lowest BCUT2D eigenvalue weighted by Gasteiger charge is -2.06. The number of benzene rings is 1. The van der Waals surface area contributed by atoms with E-state index < -0.39 is 5.97 Å². The van der Waals surface area contributed by atoms with Gasteiger partial charge in [0.1, 0.15) is 11.5 Å². The molecule has 1 N–H and O–H groups in total.